The second-order valence-corrected chi connectivity index (χ2v) is 6.84. The molecule has 7 heteroatoms. The summed E-state index contributed by atoms with van der Waals surface area (Å²) in [6, 6.07) is 5.53. The summed E-state index contributed by atoms with van der Waals surface area (Å²) in [5.74, 6) is 4.70. The quantitative estimate of drug-likeness (QED) is 0.408. The first-order chi connectivity index (χ1) is 9.26. The molecule has 0 spiro atoms. The summed E-state index contributed by atoms with van der Waals surface area (Å²) in [7, 11) is -3.74. The van der Waals surface area contributed by atoms with Crippen molar-refractivity contribution in [2.24, 2.45) is 11.8 Å². The molecule has 0 aliphatic carbocycles. The number of benzene rings is 1. The van der Waals surface area contributed by atoms with E-state index in [1.165, 1.54) is 12.1 Å². The number of carbonyl (C=O) groups is 1. The fourth-order valence-electron chi connectivity index (χ4n) is 1.75. The normalized spacial score (nSPS) is 13.2. The number of nitrogens with one attached hydrogen (secondary N) is 2. The van der Waals surface area contributed by atoms with Crippen LogP contribution in [0.15, 0.2) is 29.2 Å². The average molecular weight is 299 g/mol. The molecule has 0 aromatic heterocycles. The number of rotatable bonds is 6. The van der Waals surface area contributed by atoms with Crippen molar-refractivity contribution in [2.75, 3.05) is 0 Å². The zero-order valence-electron chi connectivity index (χ0n) is 11.9. The SMILES string of the molecule is Cc1ccc(S(=O)(=O)N[C@@H](CC(C)C)C(=O)NN)cc1. The third kappa shape index (κ3) is 4.59. The molecule has 0 aliphatic rings. The summed E-state index contributed by atoms with van der Waals surface area (Å²) in [6.45, 7) is 5.67. The van der Waals surface area contributed by atoms with E-state index in [0.717, 1.165) is 5.56 Å². The molecule has 20 heavy (non-hydrogen) atoms. The van der Waals surface area contributed by atoms with Crippen LogP contribution in [0, 0.1) is 12.8 Å². The van der Waals surface area contributed by atoms with E-state index in [0.29, 0.717) is 6.42 Å². The molecule has 0 fully saturated rings. The topological polar surface area (TPSA) is 101 Å². The van der Waals surface area contributed by atoms with Gasteiger partial charge in [-0.15, -0.1) is 0 Å². The van der Waals surface area contributed by atoms with Crippen molar-refractivity contribution in [2.45, 2.75) is 38.1 Å². The molecule has 1 amide bonds. The van der Waals surface area contributed by atoms with Gasteiger partial charge in [0.1, 0.15) is 6.04 Å². The Morgan fingerprint density at radius 2 is 1.80 bits per heavy atom. The lowest BCUT2D eigenvalue weighted by Gasteiger charge is -2.19. The molecule has 0 radical (unpaired) electrons. The largest absolute Gasteiger partial charge is 0.293 e. The number of hydrogen-bond acceptors (Lipinski definition) is 4. The molecule has 1 aromatic carbocycles. The lowest BCUT2D eigenvalue weighted by Crippen LogP contribution is -2.49. The Kier molecular flexibility index (Phi) is 5.67. The van der Waals surface area contributed by atoms with E-state index in [2.05, 4.69) is 4.72 Å². The Hall–Kier alpha value is -1.44. The first-order valence-electron chi connectivity index (χ1n) is 6.35. The van der Waals surface area contributed by atoms with Crippen molar-refractivity contribution in [1.29, 1.82) is 0 Å². The molecule has 4 N–H and O–H groups in total. The maximum atomic E-state index is 12.2. The third-order valence-electron chi connectivity index (χ3n) is 2.79. The summed E-state index contributed by atoms with van der Waals surface area (Å²) < 4.78 is 26.8. The number of sulfonamides is 1. The van der Waals surface area contributed by atoms with Crippen molar-refractivity contribution >= 4 is 15.9 Å². The van der Waals surface area contributed by atoms with E-state index in [1.807, 2.05) is 26.2 Å². The number of aryl methyl sites for hydroxylation is 1. The van der Waals surface area contributed by atoms with E-state index >= 15 is 0 Å². The lowest BCUT2D eigenvalue weighted by molar-refractivity contribution is -0.123. The Morgan fingerprint density at radius 1 is 1.25 bits per heavy atom. The Morgan fingerprint density at radius 3 is 2.25 bits per heavy atom. The van der Waals surface area contributed by atoms with Gasteiger partial charge in [0.2, 0.25) is 10.0 Å². The van der Waals surface area contributed by atoms with Gasteiger partial charge in [-0.1, -0.05) is 31.5 Å². The van der Waals surface area contributed by atoms with Crippen LogP contribution >= 0.6 is 0 Å². The predicted octanol–water partition coefficient (Wildman–Crippen LogP) is 0.678. The van der Waals surface area contributed by atoms with Gasteiger partial charge in [0.15, 0.2) is 0 Å². The molecule has 0 unspecified atom stereocenters. The van der Waals surface area contributed by atoms with Crippen LogP contribution in [0.2, 0.25) is 0 Å². The van der Waals surface area contributed by atoms with Gasteiger partial charge in [0, 0.05) is 0 Å². The van der Waals surface area contributed by atoms with Crippen LogP contribution in [-0.4, -0.2) is 20.4 Å². The minimum absolute atomic E-state index is 0.127. The van der Waals surface area contributed by atoms with Crippen LogP contribution in [0.1, 0.15) is 25.8 Å². The van der Waals surface area contributed by atoms with E-state index in [4.69, 9.17) is 5.84 Å². The molecule has 1 atom stereocenters. The lowest BCUT2D eigenvalue weighted by atomic mass is 10.0. The molecule has 1 aromatic rings. The third-order valence-corrected chi connectivity index (χ3v) is 4.28. The summed E-state index contributed by atoms with van der Waals surface area (Å²) in [6.07, 6.45) is 0.369. The molecule has 0 heterocycles. The zero-order valence-corrected chi connectivity index (χ0v) is 12.7. The molecule has 112 valence electrons. The maximum absolute atomic E-state index is 12.2. The second kappa shape index (κ2) is 6.83. The van der Waals surface area contributed by atoms with Gasteiger partial charge >= 0.3 is 0 Å². The molecule has 6 nitrogen and oxygen atoms in total. The standard InChI is InChI=1S/C13H21N3O3S/c1-9(2)8-12(13(17)15-14)16-20(18,19)11-6-4-10(3)5-7-11/h4-7,9,12,16H,8,14H2,1-3H3,(H,15,17)/t12-/m0/s1. The summed E-state index contributed by atoms with van der Waals surface area (Å²) in [5, 5.41) is 0. The van der Waals surface area contributed by atoms with Gasteiger partial charge in [-0.05, 0) is 31.4 Å². The number of amides is 1. The first-order valence-corrected chi connectivity index (χ1v) is 7.84. The average Bonchev–Trinajstić information content (AvgIpc) is 2.36. The smallest absolute Gasteiger partial charge is 0.252 e. The van der Waals surface area contributed by atoms with Gasteiger partial charge in [-0.25, -0.2) is 14.3 Å². The minimum Gasteiger partial charge on any atom is -0.293 e. The van der Waals surface area contributed by atoms with Crippen molar-refractivity contribution in [3.8, 4) is 0 Å². The summed E-state index contributed by atoms with van der Waals surface area (Å²) in [4.78, 5) is 11.8. The summed E-state index contributed by atoms with van der Waals surface area (Å²) in [5.41, 5.74) is 2.95. The van der Waals surface area contributed by atoms with Crippen LogP contribution in [0.4, 0.5) is 0 Å². The maximum Gasteiger partial charge on any atom is 0.252 e. The van der Waals surface area contributed by atoms with Crippen molar-refractivity contribution < 1.29 is 13.2 Å². The molecular weight excluding hydrogens is 278 g/mol. The fourth-order valence-corrected chi connectivity index (χ4v) is 2.96. The molecule has 0 saturated heterocycles. The van der Waals surface area contributed by atoms with Crippen LogP contribution in [0.3, 0.4) is 0 Å². The Balaban J connectivity index is 2.96. The predicted molar refractivity (Wildman–Crippen MR) is 77.1 cm³/mol. The zero-order chi connectivity index (χ0) is 15.3. The van der Waals surface area contributed by atoms with Gasteiger partial charge in [0.25, 0.3) is 5.91 Å². The minimum atomic E-state index is -3.74. The van der Waals surface area contributed by atoms with Gasteiger partial charge in [-0.3, -0.25) is 10.2 Å². The molecular formula is C13H21N3O3S. The molecule has 1 rings (SSSR count). The fraction of sp³-hybridized carbons (Fsp3) is 0.462. The van der Waals surface area contributed by atoms with Crippen LogP contribution in [-0.2, 0) is 14.8 Å². The highest BCUT2D eigenvalue weighted by molar-refractivity contribution is 7.89. The van der Waals surface area contributed by atoms with E-state index in [1.54, 1.807) is 12.1 Å². The number of hydrazine groups is 1. The van der Waals surface area contributed by atoms with Crippen LogP contribution in [0.25, 0.3) is 0 Å². The number of nitrogens with two attached hydrogens (primary N) is 1. The number of carbonyl (C=O) groups excluding carboxylic acids is 1. The Labute approximate surface area is 119 Å². The Bertz CT molecular complexity index is 553. The van der Waals surface area contributed by atoms with E-state index in [9.17, 15) is 13.2 Å². The van der Waals surface area contributed by atoms with E-state index in [-0.39, 0.29) is 10.8 Å². The molecule has 0 bridgehead atoms. The van der Waals surface area contributed by atoms with Gasteiger partial charge in [-0.2, -0.15) is 4.72 Å². The molecule has 0 aliphatic heterocycles. The highest BCUT2D eigenvalue weighted by atomic mass is 32.2. The monoisotopic (exact) mass is 299 g/mol. The van der Waals surface area contributed by atoms with Crippen molar-refractivity contribution in [1.82, 2.24) is 10.1 Å². The van der Waals surface area contributed by atoms with Crippen LogP contribution in [0.5, 0.6) is 0 Å². The van der Waals surface area contributed by atoms with Crippen LogP contribution < -0.4 is 16.0 Å². The second-order valence-electron chi connectivity index (χ2n) is 5.13. The van der Waals surface area contributed by atoms with E-state index < -0.39 is 22.0 Å². The number of hydrogen-bond donors (Lipinski definition) is 3. The van der Waals surface area contributed by atoms with Crippen molar-refractivity contribution in [3.05, 3.63) is 29.8 Å². The van der Waals surface area contributed by atoms with Gasteiger partial charge in [0.05, 0.1) is 4.90 Å². The van der Waals surface area contributed by atoms with Crippen molar-refractivity contribution in [3.63, 3.8) is 0 Å². The highest BCUT2D eigenvalue weighted by Gasteiger charge is 2.25. The highest BCUT2D eigenvalue weighted by Crippen LogP contribution is 2.13. The summed E-state index contributed by atoms with van der Waals surface area (Å²) >= 11 is 0. The van der Waals surface area contributed by atoms with Gasteiger partial charge < -0.3 is 0 Å². The molecule has 0 saturated carbocycles. The first kappa shape index (κ1) is 16.6.